The van der Waals surface area contributed by atoms with E-state index in [1.807, 2.05) is 0 Å². The fraction of sp³-hybridized carbons (Fsp3) is 1.00. The average molecular weight is 340 g/mol. The first kappa shape index (κ1) is 20.2. The zero-order valence-electron chi connectivity index (χ0n) is 17.3. The number of hydrogen-bond donors (Lipinski definition) is 2. The number of rotatable bonds is 7. The maximum Gasteiger partial charge on any atom is 0.0898 e. The van der Waals surface area contributed by atoms with Gasteiger partial charge in [-0.3, -0.25) is 0 Å². The topological polar surface area (TPSA) is 41.5 Å². The summed E-state index contributed by atoms with van der Waals surface area (Å²) in [5.41, 5.74) is 0.856. The van der Waals surface area contributed by atoms with E-state index in [0.29, 0.717) is 18.6 Å². The fourth-order valence-electron chi connectivity index (χ4n) is 5.72. The van der Waals surface area contributed by atoms with Crippen molar-refractivity contribution in [2.75, 3.05) is 13.2 Å². The lowest BCUT2D eigenvalue weighted by atomic mass is 9.70. The molecule has 3 heteroatoms. The van der Waals surface area contributed by atoms with Gasteiger partial charge in [0.25, 0.3) is 0 Å². The van der Waals surface area contributed by atoms with Crippen LogP contribution in [0.25, 0.3) is 0 Å². The van der Waals surface area contributed by atoms with Crippen molar-refractivity contribution in [1.82, 2.24) is 5.32 Å². The van der Waals surface area contributed by atoms with E-state index in [9.17, 15) is 5.11 Å². The van der Waals surface area contributed by atoms with Crippen molar-refractivity contribution < 1.29 is 9.84 Å². The minimum Gasteiger partial charge on any atom is -0.389 e. The molecule has 2 aliphatic rings. The Labute approximate surface area is 149 Å². The zero-order valence-corrected chi connectivity index (χ0v) is 17.3. The second kappa shape index (κ2) is 6.55. The van der Waals surface area contributed by atoms with Gasteiger partial charge >= 0.3 is 0 Å². The molecule has 142 valence electrons. The molecule has 2 N–H and O–H groups in total. The van der Waals surface area contributed by atoms with Gasteiger partial charge in [0.05, 0.1) is 18.8 Å². The molecule has 0 aromatic rings. The number of aliphatic hydroxyl groups excluding tert-OH is 1. The minimum atomic E-state index is -0.442. The summed E-state index contributed by atoms with van der Waals surface area (Å²) in [6, 6.07) is 0. The molecular weight excluding hydrogens is 298 g/mol. The summed E-state index contributed by atoms with van der Waals surface area (Å²) in [4.78, 5) is 0. The van der Waals surface area contributed by atoms with E-state index in [4.69, 9.17) is 4.74 Å². The van der Waals surface area contributed by atoms with Gasteiger partial charge in [-0.05, 0) is 61.7 Å². The lowest BCUT2D eigenvalue weighted by Crippen LogP contribution is -2.48. The maximum atomic E-state index is 10.4. The van der Waals surface area contributed by atoms with Crippen molar-refractivity contribution in [3.63, 3.8) is 0 Å². The molecule has 0 aromatic heterocycles. The highest BCUT2D eigenvalue weighted by molar-refractivity contribution is 5.09. The molecule has 0 aromatic carbocycles. The number of β-amino-alcohol motifs (C(OH)–C–C–N with tert-alkyl or cyclic N) is 1. The summed E-state index contributed by atoms with van der Waals surface area (Å²) in [6.07, 6.45) is 4.82. The Kier molecular flexibility index (Phi) is 5.52. The van der Waals surface area contributed by atoms with Crippen LogP contribution in [0.15, 0.2) is 0 Å². The summed E-state index contributed by atoms with van der Waals surface area (Å²) in [7, 11) is 0. The largest absolute Gasteiger partial charge is 0.389 e. The second-order valence-electron chi connectivity index (χ2n) is 11.3. The van der Waals surface area contributed by atoms with Crippen LogP contribution in [0.4, 0.5) is 0 Å². The first-order valence-electron chi connectivity index (χ1n) is 9.80. The van der Waals surface area contributed by atoms with Gasteiger partial charge in [-0.1, -0.05) is 41.5 Å². The molecule has 0 amide bonds. The van der Waals surface area contributed by atoms with Crippen LogP contribution < -0.4 is 5.32 Å². The van der Waals surface area contributed by atoms with Crippen LogP contribution in [0, 0.1) is 22.2 Å². The van der Waals surface area contributed by atoms with Crippen molar-refractivity contribution in [3.05, 3.63) is 0 Å². The quantitative estimate of drug-likeness (QED) is 0.723. The molecule has 0 aliphatic heterocycles. The molecule has 4 unspecified atom stereocenters. The van der Waals surface area contributed by atoms with E-state index in [1.165, 1.54) is 19.3 Å². The molecule has 24 heavy (non-hydrogen) atoms. The van der Waals surface area contributed by atoms with E-state index < -0.39 is 6.10 Å². The highest BCUT2D eigenvalue weighted by Gasteiger charge is 2.60. The van der Waals surface area contributed by atoms with Crippen molar-refractivity contribution in [2.24, 2.45) is 22.2 Å². The van der Waals surface area contributed by atoms with Gasteiger partial charge in [-0.25, -0.2) is 0 Å². The Morgan fingerprint density at radius 1 is 1.17 bits per heavy atom. The van der Waals surface area contributed by atoms with E-state index in [1.54, 1.807) is 0 Å². The predicted octanol–water partition coefficient (Wildman–Crippen LogP) is 4.38. The van der Waals surface area contributed by atoms with Crippen molar-refractivity contribution in [1.29, 1.82) is 0 Å². The maximum absolute atomic E-state index is 10.4. The van der Waals surface area contributed by atoms with Crippen molar-refractivity contribution in [3.8, 4) is 0 Å². The Balaban J connectivity index is 1.80. The van der Waals surface area contributed by atoms with Gasteiger partial charge in [0, 0.05) is 12.1 Å². The molecule has 2 aliphatic carbocycles. The third-order valence-corrected chi connectivity index (χ3v) is 6.38. The fourth-order valence-corrected chi connectivity index (χ4v) is 5.72. The minimum absolute atomic E-state index is 0.0247. The molecule has 2 saturated carbocycles. The SMILES string of the molecule is CC(C)(C)CC(C)(C)NCC(O)COC1C2(C)CCC(C2)C1(C)C. The van der Waals surface area contributed by atoms with E-state index in [0.717, 1.165) is 12.3 Å². The van der Waals surface area contributed by atoms with Crippen molar-refractivity contribution >= 4 is 0 Å². The monoisotopic (exact) mass is 339 g/mol. The Hall–Kier alpha value is -0.120. The summed E-state index contributed by atoms with van der Waals surface area (Å²) in [5, 5.41) is 13.9. The third kappa shape index (κ3) is 4.53. The molecule has 2 rings (SSSR count). The number of aliphatic hydroxyl groups is 1. The first-order chi connectivity index (χ1) is 10.8. The van der Waals surface area contributed by atoms with Crippen LogP contribution in [0.5, 0.6) is 0 Å². The Bertz CT molecular complexity index is 433. The molecule has 4 atom stereocenters. The zero-order chi connectivity index (χ0) is 18.4. The van der Waals surface area contributed by atoms with Crippen LogP contribution >= 0.6 is 0 Å². The Morgan fingerprint density at radius 3 is 2.29 bits per heavy atom. The molecule has 0 spiro atoms. The molecular formula is C21H41NO2. The summed E-state index contributed by atoms with van der Waals surface area (Å²) >= 11 is 0. The van der Waals surface area contributed by atoms with Crippen LogP contribution in [-0.4, -0.2) is 36.0 Å². The predicted molar refractivity (Wildman–Crippen MR) is 101 cm³/mol. The van der Waals surface area contributed by atoms with Crippen LogP contribution in [0.1, 0.15) is 81.1 Å². The molecule has 0 radical (unpaired) electrons. The molecule has 2 bridgehead atoms. The molecule has 3 nitrogen and oxygen atoms in total. The highest BCUT2D eigenvalue weighted by atomic mass is 16.5. The van der Waals surface area contributed by atoms with E-state index >= 15 is 0 Å². The molecule has 0 saturated heterocycles. The van der Waals surface area contributed by atoms with Gasteiger partial charge in [0.1, 0.15) is 0 Å². The van der Waals surface area contributed by atoms with Crippen LogP contribution in [0.3, 0.4) is 0 Å². The lowest BCUT2D eigenvalue weighted by Gasteiger charge is -2.42. The van der Waals surface area contributed by atoms with E-state index in [-0.39, 0.29) is 22.5 Å². The highest BCUT2D eigenvalue weighted by Crippen LogP contribution is 2.63. The van der Waals surface area contributed by atoms with Crippen LogP contribution in [0.2, 0.25) is 0 Å². The number of nitrogens with one attached hydrogen (secondary N) is 1. The second-order valence-corrected chi connectivity index (χ2v) is 11.3. The molecule has 0 heterocycles. The van der Waals surface area contributed by atoms with Gasteiger partial charge in [0.15, 0.2) is 0 Å². The third-order valence-electron chi connectivity index (χ3n) is 6.38. The average Bonchev–Trinajstić information content (AvgIpc) is 2.84. The van der Waals surface area contributed by atoms with Gasteiger partial charge in [-0.15, -0.1) is 0 Å². The van der Waals surface area contributed by atoms with Crippen molar-refractivity contribution in [2.45, 2.75) is 98.8 Å². The summed E-state index contributed by atoms with van der Waals surface area (Å²) in [5.74, 6) is 0.786. The number of ether oxygens (including phenoxy) is 1. The first-order valence-corrected chi connectivity index (χ1v) is 9.80. The summed E-state index contributed by atoms with van der Waals surface area (Å²) < 4.78 is 6.29. The van der Waals surface area contributed by atoms with Crippen LogP contribution in [-0.2, 0) is 4.74 Å². The van der Waals surface area contributed by atoms with Gasteiger partial charge < -0.3 is 15.2 Å². The Morgan fingerprint density at radius 2 is 1.79 bits per heavy atom. The van der Waals surface area contributed by atoms with Gasteiger partial charge in [0.2, 0.25) is 0 Å². The lowest BCUT2D eigenvalue weighted by molar-refractivity contribution is -0.110. The van der Waals surface area contributed by atoms with Gasteiger partial charge in [-0.2, -0.15) is 0 Å². The molecule has 2 fully saturated rings. The standard InChI is InChI=1S/C21H41NO2/c1-18(2,3)14-19(4,5)22-12-16(23)13-24-17-20(6,7)15-9-10-21(17,8)11-15/h15-17,22-23H,9-14H2,1-8H3. The smallest absolute Gasteiger partial charge is 0.0898 e. The normalized spacial score (nSPS) is 33.9. The number of fused-ring (bicyclic) bond motifs is 2. The summed E-state index contributed by atoms with van der Waals surface area (Å²) in [6.45, 7) is 19.3. The van der Waals surface area contributed by atoms with E-state index in [2.05, 4.69) is 60.7 Å². The number of hydrogen-bond acceptors (Lipinski definition) is 3.